The molecular weight excluding hydrogens is 332 g/mol. The highest BCUT2D eigenvalue weighted by Gasteiger charge is 2.19. The van der Waals surface area contributed by atoms with Crippen LogP contribution in [0.25, 0.3) is 11.0 Å². The molecule has 1 unspecified atom stereocenters. The average Bonchev–Trinajstić information content (AvgIpc) is 3.03. The maximum Gasteiger partial charge on any atom is 0.308 e. The number of carbonyl (C=O) groups excluding carboxylic acids is 1. The van der Waals surface area contributed by atoms with Crippen LogP contribution >= 0.6 is 0 Å². The number of H-pyrrole nitrogens is 1. The molecule has 0 fully saturated rings. The van der Waals surface area contributed by atoms with Gasteiger partial charge in [-0.3, -0.25) is 4.79 Å². The van der Waals surface area contributed by atoms with Crippen LogP contribution in [-0.4, -0.2) is 32.8 Å². The normalized spacial score (nSPS) is 12.2. The second-order valence-electron chi connectivity index (χ2n) is 6.13. The lowest BCUT2D eigenvalue weighted by Gasteiger charge is -2.11. The van der Waals surface area contributed by atoms with E-state index < -0.39 is 12.1 Å². The molecule has 3 aromatic rings. The van der Waals surface area contributed by atoms with Gasteiger partial charge in [0.25, 0.3) is 0 Å². The third-order valence-corrected chi connectivity index (χ3v) is 4.17. The van der Waals surface area contributed by atoms with Crippen molar-refractivity contribution in [1.29, 1.82) is 0 Å². The van der Waals surface area contributed by atoms with Crippen LogP contribution < -0.4 is 0 Å². The molecule has 26 heavy (non-hydrogen) atoms. The largest absolute Gasteiger partial charge is 0.508 e. The summed E-state index contributed by atoms with van der Waals surface area (Å²) in [5, 5.41) is 20.3. The molecule has 2 aromatic carbocycles. The smallest absolute Gasteiger partial charge is 0.308 e. The standard InChI is InChI=1S/C20H22N2O4/c1-2-26-19(25)12-17(24)15-10-14(23)11-16-20(15)22-18(21-16)9-8-13-6-4-3-5-7-13/h3-7,10-11,17,23-24H,2,8-9,12H2,1H3,(H,21,22). The number of rotatable bonds is 7. The number of aromatic nitrogens is 2. The highest BCUT2D eigenvalue weighted by atomic mass is 16.5. The van der Waals surface area contributed by atoms with Crippen LogP contribution in [0.15, 0.2) is 42.5 Å². The first kappa shape index (κ1) is 17.9. The number of carbonyl (C=O) groups is 1. The van der Waals surface area contributed by atoms with Gasteiger partial charge >= 0.3 is 5.97 Å². The minimum absolute atomic E-state index is 0.00803. The fourth-order valence-corrected chi connectivity index (χ4v) is 2.95. The number of phenolic OH excluding ortho intramolecular Hbond substituents is 1. The van der Waals surface area contributed by atoms with Crippen LogP contribution in [0.3, 0.4) is 0 Å². The van der Waals surface area contributed by atoms with Crippen LogP contribution in [0.5, 0.6) is 5.75 Å². The van der Waals surface area contributed by atoms with Gasteiger partial charge in [0.2, 0.25) is 0 Å². The fraction of sp³-hybridized carbons (Fsp3) is 0.300. The first-order valence-electron chi connectivity index (χ1n) is 8.66. The Labute approximate surface area is 151 Å². The molecule has 0 bridgehead atoms. The number of imidazole rings is 1. The highest BCUT2D eigenvalue weighted by Crippen LogP contribution is 2.29. The number of aliphatic hydroxyl groups excluding tert-OH is 1. The van der Waals surface area contributed by atoms with Crippen molar-refractivity contribution in [1.82, 2.24) is 9.97 Å². The van der Waals surface area contributed by atoms with Gasteiger partial charge in [0.15, 0.2) is 0 Å². The second kappa shape index (κ2) is 8.01. The Hall–Kier alpha value is -2.86. The van der Waals surface area contributed by atoms with Gasteiger partial charge in [-0.25, -0.2) is 4.98 Å². The molecule has 0 saturated heterocycles. The van der Waals surface area contributed by atoms with Gasteiger partial charge in [0.1, 0.15) is 11.6 Å². The quantitative estimate of drug-likeness (QED) is 0.567. The van der Waals surface area contributed by atoms with Gasteiger partial charge in [0, 0.05) is 18.1 Å². The first-order valence-corrected chi connectivity index (χ1v) is 8.66. The Morgan fingerprint density at radius 1 is 1.23 bits per heavy atom. The molecule has 1 aromatic heterocycles. The summed E-state index contributed by atoms with van der Waals surface area (Å²) in [5.74, 6) is 0.282. The molecule has 0 aliphatic carbocycles. The van der Waals surface area contributed by atoms with Gasteiger partial charge in [-0.15, -0.1) is 0 Å². The zero-order chi connectivity index (χ0) is 18.5. The van der Waals surface area contributed by atoms with Crippen molar-refractivity contribution in [3.8, 4) is 5.75 Å². The molecule has 3 N–H and O–H groups in total. The van der Waals surface area contributed by atoms with E-state index in [1.54, 1.807) is 13.0 Å². The van der Waals surface area contributed by atoms with E-state index >= 15 is 0 Å². The van der Waals surface area contributed by atoms with Crippen molar-refractivity contribution in [2.45, 2.75) is 32.3 Å². The van der Waals surface area contributed by atoms with Gasteiger partial charge in [-0.05, 0) is 25.0 Å². The Bertz CT molecular complexity index is 889. The van der Waals surface area contributed by atoms with E-state index in [9.17, 15) is 15.0 Å². The van der Waals surface area contributed by atoms with Crippen molar-refractivity contribution in [2.24, 2.45) is 0 Å². The van der Waals surface area contributed by atoms with Crippen molar-refractivity contribution in [2.75, 3.05) is 6.61 Å². The molecule has 3 rings (SSSR count). The molecule has 0 aliphatic heterocycles. The number of aliphatic hydroxyl groups is 1. The maximum atomic E-state index is 11.6. The van der Waals surface area contributed by atoms with Crippen molar-refractivity contribution in [3.63, 3.8) is 0 Å². The number of aromatic hydroxyl groups is 1. The van der Waals surface area contributed by atoms with E-state index in [0.717, 1.165) is 12.2 Å². The number of hydrogen-bond donors (Lipinski definition) is 3. The molecule has 0 saturated carbocycles. The number of nitrogens with one attached hydrogen (secondary N) is 1. The zero-order valence-corrected chi connectivity index (χ0v) is 14.6. The van der Waals surface area contributed by atoms with Crippen LogP contribution in [0, 0.1) is 0 Å². The van der Waals surface area contributed by atoms with Gasteiger partial charge in [0.05, 0.1) is 30.2 Å². The first-order chi connectivity index (χ1) is 12.6. The number of phenols is 1. The molecule has 1 heterocycles. The number of nitrogens with zero attached hydrogens (tertiary/aromatic N) is 1. The lowest BCUT2D eigenvalue weighted by Crippen LogP contribution is -2.10. The van der Waals surface area contributed by atoms with Crippen molar-refractivity contribution < 1.29 is 19.7 Å². The predicted molar refractivity (Wildman–Crippen MR) is 97.8 cm³/mol. The Kier molecular flexibility index (Phi) is 5.53. The minimum atomic E-state index is -1.09. The summed E-state index contributed by atoms with van der Waals surface area (Å²) in [5.41, 5.74) is 2.81. The van der Waals surface area contributed by atoms with Gasteiger partial charge in [-0.2, -0.15) is 0 Å². The molecule has 0 radical (unpaired) electrons. The Morgan fingerprint density at radius 3 is 2.73 bits per heavy atom. The van der Waals surface area contributed by atoms with E-state index in [2.05, 4.69) is 22.1 Å². The van der Waals surface area contributed by atoms with Crippen LogP contribution in [0.1, 0.15) is 36.4 Å². The summed E-state index contributed by atoms with van der Waals surface area (Å²) in [6.07, 6.45) is 0.257. The molecule has 0 spiro atoms. The summed E-state index contributed by atoms with van der Waals surface area (Å²) >= 11 is 0. The van der Waals surface area contributed by atoms with Crippen LogP contribution in [0.2, 0.25) is 0 Å². The monoisotopic (exact) mass is 354 g/mol. The van der Waals surface area contributed by atoms with E-state index in [0.29, 0.717) is 23.0 Å². The fourth-order valence-electron chi connectivity index (χ4n) is 2.95. The van der Waals surface area contributed by atoms with Crippen LogP contribution in [0.4, 0.5) is 0 Å². The maximum absolute atomic E-state index is 11.6. The molecular formula is C20H22N2O4. The number of esters is 1. The summed E-state index contributed by atoms with van der Waals surface area (Å²) in [7, 11) is 0. The van der Waals surface area contributed by atoms with Gasteiger partial charge in [-0.1, -0.05) is 30.3 Å². The minimum Gasteiger partial charge on any atom is -0.508 e. The SMILES string of the molecule is CCOC(=O)CC(O)c1cc(O)cc2[nH]c(CCc3ccccc3)nc12. The predicted octanol–water partition coefficient (Wildman–Crippen LogP) is 3.04. The number of aromatic amines is 1. The molecule has 6 nitrogen and oxygen atoms in total. The van der Waals surface area contributed by atoms with E-state index in [1.807, 2.05) is 18.2 Å². The molecule has 0 amide bonds. The molecule has 6 heteroatoms. The number of aryl methyl sites for hydroxylation is 2. The third kappa shape index (κ3) is 4.21. The molecule has 0 aliphatic rings. The number of benzene rings is 2. The number of hydrogen-bond acceptors (Lipinski definition) is 5. The third-order valence-electron chi connectivity index (χ3n) is 4.17. The lowest BCUT2D eigenvalue weighted by atomic mass is 10.0. The van der Waals surface area contributed by atoms with Crippen molar-refractivity contribution in [3.05, 3.63) is 59.4 Å². The summed E-state index contributed by atoms with van der Waals surface area (Å²) in [4.78, 5) is 19.4. The topological polar surface area (TPSA) is 95.4 Å². The molecule has 136 valence electrons. The highest BCUT2D eigenvalue weighted by molar-refractivity contribution is 5.82. The van der Waals surface area contributed by atoms with Crippen molar-refractivity contribution >= 4 is 17.0 Å². The average molecular weight is 354 g/mol. The number of fused-ring (bicyclic) bond motifs is 1. The lowest BCUT2D eigenvalue weighted by molar-refractivity contribution is -0.145. The molecule has 1 atom stereocenters. The zero-order valence-electron chi connectivity index (χ0n) is 14.6. The Morgan fingerprint density at radius 2 is 2.00 bits per heavy atom. The summed E-state index contributed by atoms with van der Waals surface area (Å²) < 4.78 is 4.88. The van der Waals surface area contributed by atoms with Gasteiger partial charge < -0.3 is 19.9 Å². The van der Waals surface area contributed by atoms with Crippen LogP contribution in [-0.2, 0) is 22.4 Å². The Balaban J connectivity index is 1.82. The van der Waals surface area contributed by atoms with E-state index in [1.165, 1.54) is 11.6 Å². The van der Waals surface area contributed by atoms with E-state index in [-0.39, 0.29) is 18.8 Å². The summed E-state index contributed by atoms with van der Waals surface area (Å²) in [6, 6.07) is 13.1. The van der Waals surface area contributed by atoms with E-state index in [4.69, 9.17) is 4.74 Å². The second-order valence-corrected chi connectivity index (χ2v) is 6.13. The summed E-state index contributed by atoms with van der Waals surface area (Å²) in [6.45, 7) is 1.97. The number of ether oxygens (including phenoxy) is 1.